The molecular formula is C29H39N5O4. The highest BCUT2D eigenvalue weighted by atomic mass is 16.5. The van der Waals surface area contributed by atoms with Gasteiger partial charge >= 0.3 is 0 Å². The summed E-state index contributed by atoms with van der Waals surface area (Å²) >= 11 is 0. The number of nitrogens with zero attached hydrogens (tertiary/aromatic N) is 3. The first-order valence-corrected chi connectivity index (χ1v) is 12.5. The van der Waals surface area contributed by atoms with Crippen LogP contribution in [-0.4, -0.2) is 47.6 Å². The maximum atomic E-state index is 7.88. The van der Waals surface area contributed by atoms with E-state index in [1.165, 1.54) is 0 Å². The lowest BCUT2D eigenvalue weighted by molar-refractivity contribution is 0.295. The van der Waals surface area contributed by atoms with Crippen molar-refractivity contribution in [3.05, 3.63) is 72.7 Å². The zero-order valence-electron chi connectivity index (χ0n) is 23.1. The van der Waals surface area contributed by atoms with Gasteiger partial charge in [0.25, 0.3) is 0 Å². The zero-order valence-corrected chi connectivity index (χ0v) is 23.1. The van der Waals surface area contributed by atoms with Gasteiger partial charge in [-0.3, -0.25) is 0 Å². The minimum absolute atomic E-state index is 0.319. The number of benzene rings is 2. The van der Waals surface area contributed by atoms with Crippen LogP contribution in [0.3, 0.4) is 0 Å². The van der Waals surface area contributed by atoms with E-state index in [-0.39, 0.29) is 0 Å². The number of aliphatic hydroxyl groups excluding tert-OH is 1. The van der Waals surface area contributed by atoms with E-state index in [1.54, 1.807) is 39.7 Å². The van der Waals surface area contributed by atoms with Crippen molar-refractivity contribution in [3.8, 4) is 22.9 Å². The van der Waals surface area contributed by atoms with Crippen LogP contribution in [0.2, 0.25) is 0 Å². The van der Waals surface area contributed by atoms with Gasteiger partial charge in [0.2, 0.25) is 11.7 Å². The van der Waals surface area contributed by atoms with Crippen LogP contribution >= 0.6 is 0 Å². The molecule has 0 aliphatic heterocycles. The van der Waals surface area contributed by atoms with Gasteiger partial charge in [0.05, 0.1) is 21.3 Å². The topological polar surface area (TPSA) is 117 Å². The highest BCUT2D eigenvalue weighted by Crippen LogP contribution is 2.40. The Morgan fingerprint density at radius 3 is 2.26 bits per heavy atom. The van der Waals surface area contributed by atoms with Crippen LogP contribution in [0.5, 0.6) is 17.2 Å². The maximum absolute atomic E-state index is 7.88. The molecular weight excluding hydrogens is 482 g/mol. The molecule has 0 radical (unpaired) electrons. The van der Waals surface area contributed by atoms with Crippen LogP contribution in [-0.2, 0) is 6.42 Å². The average Bonchev–Trinajstić information content (AvgIpc) is 3.36. The number of ether oxygens (including phenoxy) is 3. The first-order chi connectivity index (χ1) is 18.4. The first-order valence-electron chi connectivity index (χ1n) is 12.5. The number of fused-ring (bicyclic) bond motifs is 1. The molecule has 4 rings (SSSR count). The summed E-state index contributed by atoms with van der Waals surface area (Å²) in [5.74, 6) is 2.04. The summed E-state index contributed by atoms with van der Waals surface area (Å²) in [6.07, 6.45) is 5.25. The number of aliphatic hydroxyl groups is 1. The highest BCUT2D eigenvalue weighted by molar-refractivity contribution is 5.79. The van der Waals surface area contributed by atoms with Crippen LogP contribution in [0.1, 0.15) is 32.8 Å². The maximum Gasteiger partial charge on any atom is 0.229 e. The molecule has 0 fully saturated rings. The predicted molar refractivity (Wildman–Crippen MR) is 154 cm³/mol. The normalized spacial score (nSPS) is 9.97. The second-order valence-electron chi connectivity index (χ2n) is 7.93. The zero-order chi connectivity index (χ0) is 28.1. The van der Waals surface area contributed by atoms with Gasteiger partial charge in [0.15, 0.2) is 11.5 Å². The molecule has 0 bridgehead atoms. The van der Waals surface area contributed by atoms with Gasteiger partial charge in [-0.2, -0.15) is 4.98 Å². The summed E-state index contributed by atoms with van der Waals surface area (Å²) in [6.45, 7) is 10.0. The van der Waals surface area contributed by atoms with E-state index in [4.69, 9.17) is 30.0 Å². The highest BCUT2D eigenvalue weighted by Gasteiger charge is 2.14. The van der Waals surface area contributed by atoms with Crippen LogP contribution in [0.4, 0.5) is 11.6 Å². The van der Waals surface area contributed by atoms with Crippen molar-refractivity contribution in [1.82, 2.24) is 14.5 Å². The average molecular weight is 522 g/mol. The number of allylic oxidation sites excluding steroid dienone is 1. The second kappa shape index (κ2) is 15.1. The van der Waals surface area contributed by atoms with Crippen molar-refractivity contribution >= 4 is 22.7 Å². The number of hydrogen-bond acceptors (Lipinski definition) is 8. The van der Waals surface area contributed by atoms with Crippen molar-refractivity contribution in [1.29, 1.82) is 0 Å². The van der Waals surface area contributed by atoms with E-state index < -0.39 is 0 Å². The fourth-order valence-electron chi connectivity index (χ4n) is 3.55. The number of methoxy groups -OCH3 is 3. The van der Waals surface area contributed by atoms with Crippen molar-refractivity contribution in [3.63, 3.8) is 0 Å². The van der Waals surface area contributed by atoms with Gasteiger partial charge in [-0.1, -0.05) is 39.5 Å². The molecule has 4 N–H and O–H groups in total. The predicted octanol–water partition coefficient (Wildman–Crippen LogP) is 5.62. The van der Waals surface area contributed by atoms with Crippen LogP contribution in [0, 0.1) is 0 Å². The Morgan fingerprint density at radius 1 is 1.05 bits per heavy atom. The molecule has 9 heteroatoms. The Balaban J connectivity index is 0.000000773. The van der Waals surface area contributed by atoms with E-state index in [0.29, 0.717) is 47.6 Å². The van der Waals surface area contributed by atoms with E-state index >= 15 is 0 Å². The number of aromatic nitrogens is 3. The van der Waals surface area contributed by atoms with Crippen LogP contribution in [0.25, 0.3) is 16.7 Å². The lowest BCUT2D eigenvalue weighted by atomic mass is 10.1. The smallest absolute Gasteiger partial charge is 0.229 e. The van der Waals surface area contributed by atoms with E-state index in [0.717, 1.165) is 28.7 Å². The van der Waals surface area contributed by atoms with Crippen molar-refractivity contribution < 1.29 is 19.3 Å². The van der Waals surface area contributed by atoms with E-state index in [1.807, 2.05) is 55.8 Å². The minimum atomic E-state index is 0.319. The molecule has 2 aromatic heterocycles. The molecule has 2 heterocycles. The van der Waals surface area contributed by atoms with Gasteiger partial charge in [-0.15, -0.1) is 0 Å². The van der Waals surface area contributed by atoms with E-state index in [2.05, 4.69) is 22.9 Å². The molecule has 0 saturated heterocycles. The van der Waals surface area contributed by atoms with E-state index in [9.17, 15) is 0 Å². The number of anilines is 2. The second-order valence-corrected chi connectivity index (χ2v) is 7.93. The summed E-state index contributed by atoms with van der Waals surface area (Å²) in [4.78, 5) is 9.18. The van der Waals surface area contributed by atoms with Crippen molar-refractivity contribution in [2.45, 2.75) is 33.6 Å². The molecule has 204 valence electrons. The summed E-state index contributed by atoms with van der Waals surface area (Å²) < 4.78 is 18.2. The molecule has 38 heavy (non-hydrogen) atoms. The SMILES string of the molecule is C=C(N)Cc1cccc(-n2ccc3cnc(Nc4cc(OC)c(OC)c(OC)c4)nc32)c1.CC.CCCO. The van der Waals surface area contributed by atoms with Gasteiger partial charge in [0.1, 0.15) is 5.65 Å². The first kappa shape index (κ1) is 30.0. The standard InChI is InChI=1S/C24H25N5O3.C3H8O.C2H6/c1-15(25)10-16-6-5-7-19(11-16)29-9-8-17-14-26-24(28-23(17)29)27-18-12-20(30-2)22(32-4)21(13-18)31-3;1-2-3-4;1-2/h5-9,11-14H,1,10,25H2,2-4H3,(H,26,27,28);4H,2-3H2,1H3;1-2H3. The third-order valence-corrected chi connectivity index (χ3v) is 5.19. The van der Waals surface area contributed by atoms with Gasteiger partial charge in [-0.25, -0.2) is 4.98 Å². The molecule has 0 saturated carbocycles. The van der Waals surface area contributed by atoms with Gasteiger partial charge in [-0.05, 0) is 30.2 Å². The molecule has 0 spiro atoms. The van der Waals surface area contributed by atoms with Crippen molar-refractivity contribution in [2.75, 3.05) is 33.3 Å². The lowest BCUT2D eigenvalue weighted by Gasteiger charge is -2.14. The lowest BCUT2D eigenvalue weighted by Crippen LogP contribution is -2.02. The van der Waals surface area contributed by atoms with Gasteiger partial charge in [0, 0.05) is 60.0 Å². The Bertz CT molecular complexity index is 1290. The summed E-state index contributed by atoms with van der Waals surface area (Å²) in [6, 6.07) is 13.7. The Hall–Kier alpha value is -4.24. The summed E-state index contributed by atoms with van der Waals surface area (Å²) in [5.41, 5.74) is 9.96. The number of hydrogen-bond donors (Lipinski definition) is 3. The quantitative estimate of drug-likeness (QED) is 0.260. The number of rotatable bonds is 9. The number of nitrogens with one attached hydrogen (secondary N) is 1. The Labute approximate surface area is 224 Å². The fraction of sp³-hybridized carbons (Fsp3) is 0.310. The third kappa shape index (κ3) is 7.63. The number of nitrogens with two attached hydrogens (primary N) is 1. The fourth-order valence-corrected chi connectivity index (χ4v) is 3.55. The largest absolute Gasteiger partial charge is 0.493 e. The van der Waals surface area contributed by atoms with Crippen LogP contribution in [0.15, 0.2) is 67.1 Å². The molecule has 0 atom stereocenters. The molecule has 2 aromatic carbocycles. The van der Waals surface area contributed by atoms with Crippen LogP contribution < -0.4 is 25.3 Å². The minimum Gasteiger partial charge on any atom is -0.493 e. The summed E-state index contributed by atoms with van der Waals surface area (Å²) in [7, 11) is 4.71. The van der Waals surface area contributed by atoms with Crippen molar-refractivity contribution in [2.24, 2.45) is 5.73 Å². The molecule has 0 unspecified atom stereocenters. The third-order valence-electron chi connectivity index (χ3n) is 5.19. The monoisotopic (exact) mass is 521 g/mol. The summed E-state index contributed by atoms with van der Waals surface area (Å²) in [5, 5.41) is 12.0. The van der Waals surface area contributed by atoms with Gasteiger partial charge < -0.3 is 34.9 Å². The Kier molecular flexibility index (Phi) is 11.9. The molecule has 0 amide bonds. The Morgan fingerprint density at radius 2 is 1.71 bits per heavy atom. The molecule has 4 aromatic rings. The molecule has 0 aliphatic carbocycles. The molecule has 0 aliphatic rings. The molecule has 9 nitrogen and oxygen atoms in total.